The maximum atomic E-state index is 5.46. The van der Waals surface area contributed by atoms with Crippen LogP contribution in [0.25, 0.3) is 0 Å². The number of aromatic nitrogens is 3. The number of aryl methyl sites for hydroxylation is 1. The molecule has 0 fully saturated rings. The molecule has 1 aromatic heterocycles. The molecule has 0 amide bonds. The van der Waals surface area contributed by atoms with Crippen LogP contribution in [0.5, 0.6) is 0 Å². The first-order valence-corrected chi connectivity index (χ1v) is 4.10. The number of nitrogens with two attached hydrogens (primary N) is 1. The second kappa shape index (κ2) is 3.42. The van der Waals surface area contributed by atoms with E-state index in [4.69, 9.17) is 5.73 Å². The topological polar surface area (TPSA) is 60.0 Å². The molecular formula is C7H15N5. The highest BCUT2D eigenvalue weighted by atomic mass is 15.4. The first kappa shape index (κ1) is 8.83. The summed E-state index contributed by atoms with van der Waals surface area (Å²) in [6, 6.07) is 0. The summed E-state index contributed by atoms with van der Waals surface area (Å²) in [6.07, 6.45) is 0. The van der Waals surface area contributed by atoms with Crippen molar-refractivity contribution in [2.75, 3.05) is 23.7 Å². The molecule has 5 heteroatoms. The molecule has 1 rings (SSSR count). The van der Waals surface area contributed by atoms with Gasteiger partial charge in [-0.25, -0.2) is 4.68 Å². The maximum absolute atomic E-state index is 5.46. The SMILES string of the molecule is CCN(CC)c1nc(N)nn1C. The van der Waals surface area contributed by atoms with Crippen molar-refractivity contribution in [2.24, 2.45) is 7.05 Å². The molecule has 0 unspecified atom stereocenters. The van der Waals surface area contributed by atoms with E-state index >= 15 is 0 Å². The molecule has 0 saturated heterocycles. The molecule has 0 spiro atoms. The second-order valence-electron chi connectivity index (χ2n) is 2.57. The zero-order chi connectivity index (χ0) is 9.14. The number of nitrogen functional groups attached to an aromatic ring is 1. The minimum absolute atomic E-state index is 0.333. The standard InChI is InChI=1S/C7H15N5/c1-4-12(5-2)7-9-6(8)10-11(7)3/h4-5H2,1-3H3,(H2,8,10). The van der Waals surface area contributed by atoms with Gasteiger partial charge in [-0.1, -0.05) is 0 Å². The van der Waals surface area contributed by atoms with E-state index in [0.29, 0.717) is 5.95 Å². The molecule has 12 heavy (non-hydrogen) atoms. The van der Waals surface area contributed by atoms with Crippen LogP contribution in [-0.4, -0.2) is 27.9 Å². The Balaban J connectivity index is 2.91. The minimum atomic E-state index is 0.333. The molecule has 0 aliphatic heterocycles. The van der Waals surface area contributed by atoms with Gasteiger partial charge >= 0.3 is 0 Å². The van der Waals surface area contributed by atoms with Gasteiger partial charge in [0.05, 0.1) is 0 Å². The van der Waals surface area contributed by atoms with Gasteiger partial charge in [0.25, 0.3) is 0 Å². The number of hydrogen-bond acceptors (Lipinski definition) is 4. The number of rotatable bonds is 3. The van der Waals surface area contributed by atoms with Gasteiger partial charge in [0.1, 0.15) is 0 Å². The van der Waals surface area contributed by atoms with Crippen LogP contribution in [0.15, 0.2) is 0 Å². The molecule has 68 valence electrons. The Kier molecular flexibility index (Phi) is 2.52. The van der Waals surface area contributed by atoms with Crippen molar-refractivity contribution in [1.82, 2.24) is 14.8 Å². The number of hydrogen-bond donors (Lipinski definition) is 1. The van der Waals surface area contributed by atoms with Crippen molar-refractivity contribution < 1.29 is 0 Å². The van der Waals surface area contributed by atoms with E-state index < -0.39 is 0 Å². The van der Waals surface area contributed by atoms with Crippen molar-refractivity contribution in [3.8, 4) is 0 Å². The molecule has 0 aliphatic carbocycles. The summed E-state index contributed by atoms with van der Waals surface area (Å²) < 4.78 is 1.70. The molecule has 2 N–H and O–H groups in total. The molecule has 0 aromatic carbocycles. The van der Waals surface area contributed by atoms with Crippen LogP contribution in [0.2, 0.25) is 0 Å². The molecule has 0 aliphatic rings. The van der Waals surface area contributed by atoms with Crippen LogP contribution in [-0.2, 0) is 7.05 Å². The Bertz CT molecular complexity index is 250. The maximum Gasteiger partial charge on any atom is 0.241 e. The first-order valence-electron chi connectivity index (χ1n) is 4.10. The van der Waals surface area contributed by atoms with Gasteiger partial charge in [-0.2, -0.15) is 4.98 Å². The molecule has 0 saturated carbocycles. The lowest BCUT2D eigenvalue weighted by molar-refractivity contribution is 0.716. The van der Waals surface area contributed by atoms with Crippen LogP contribution < -0.4 is 10.6 Å². The average Bonchev–Trinajstić information content (AvgIpc) is 2.34. The fourth-order valence-electron chi connectivity index (χ4n) is 1.18. The lowest BCUT2D eigenvalue weighted by Crippen LogP contribution is -2.25. The van der Waals surface area contributed by atoms with Crippen LogP contribution in [0.3, 0.4) is 0 Å². The van der Waals surface area contributed by atoms with Crippen LogP contribution in [0, 0.1) is 0 Å². The van der Waals surface area contributed by atoms with E-state index in [1.54, 1.807) is 4.68 Å². The van der Waals surface area contributed by atoms with Gasteiger partial charge in [-0.05, 0) is 13.8 Å². The zero-order valence-corrected chi connectivity index (χ0v) is 7.78. The Labute approximate surface area is 72.2 Å². The second-order valence-corrected chi connectivity index (χ2v) is 2.57. The van der Waals surface area contributed by atoms with Crippen molar-refractivity contribution in [1.29, 1.82) is 0 Å². The molecule has 0 radical (unpaired) electrons. The van der Waals surface area contributed by atoms with Crippen molar-refractivity contribution in [3.05, 3.63) is 0 Å². The van der Waals surface area contributed by atoms with Gasteiger partial charge in [0, 0.05) is 20.1 Å². The molecule has 1 aromatic rings. The quantitative estimate of drug-likeness (QED) is 0.704. The average molecular weight is 169 g/mol. The summed E-state index contributed by atoms with van der Waals surface area (Å²) in [5, 5.41) is 3.97. The Morgan fingerprint density at radius 1 is 1.42 bits per heavy atom. The predicted octanol–water partition coefficient (Wildman–Crippen LogP) is 0.243. The van der Waals surface area contributed by atoms with Crippen LogP contribution in [0.1, 0.15) is 13.8 Å². The highest BCUT2D eigenvalue weighted by Gasteiger charge is 2.09. The number of anilines is 2. The van der Waals surface area contributed by atoms with E-state index in [0.717, 1.165) is 19.0 Å². The lowest BCUT2D eigenvalue weighted by Gasteiger charge is -2.17. The zero-order valence-electron chi connectivity index (χ0n) is 7.78. The van der Waals surface area contributed by atoms with Crippen molar-refractivity contribution in [3.63, 3.8) is 0 Å². The molecule has 0 bridgehead atoms. The first-order chi connectivity index (χ1) is 5.69. The highest BCUT2D eigenvalue weighted by Crippen LogP contribution is 2.09. The smallest absolute Gasteiger partial charge is 0.241 e. The Morgan fingerprint density at radius 3 is 2.33 bits per heavy atom. The molecule has 5 nitrogen and oxygen atoms in total. The fourth-order valence-corrected chi connectivity index (χ4v) is 1.18. The summed E-state index contributed by atoms with van der Waals surface area (Å²) in [4.78, 5) is 6.21. The Hall–Kier alpha value is -1.26. The summed E-state index contributed by atoms with van der Waals surface area (Å²) in [5.41, 5.74) is 5.46. The number of nitrogens with zero attached hydrogens (tertiary/aromatic N) is 4. The predicted molar refractivity (Wildman–Crippen MR) is 49.0 cm³/mol. The van der Waals surface area contributed by atoms with Gasteiger partial charge < -0.3 is 10.6 Å². The van der Waals surface area contributed by atoms with Crippen LogP contribution >= 0.6 is 0 Å². The lowest BCUT2D eigenvalue weighted by atomic mass is 10.5. The fraction of sp³-hybridized carbons (Fsp3) is 0.714. The summed E-state index contributed by atoms with van der Waals surface area (Å²) in [5.74, 6) is 1.16. The van der Waals surface area contributed by atoms with Gasteiger partial charge in [0.2, 0.25) is 11.9 Å². The summed E-state index contributed by atoms with van der Waals surface area (Å²) in [6.45, 7) is 5.99. The summed E-state index contributed by atoms with van der Waals surface area (Å²) >= 11 is 0. The largest absolute Gasteiger partial charge is 0.366 e. The third kappa shape index (κ3) is 1.49. The van der Waals surface area contributed by atoms with Crippen LogP contribution in [0.4, 0.5) is 11.9 Å². The third-order valence-corrected chi connectivity index (χ3v) is 1.80. The van der Waals surface area contributed by atoms with Crippen molar-refractivity contribution >= 4 is 11.9 Å². The van der Waals surface area contributed by atoms with E-state index in [1.807, 2.05) is 7.05 Å². The van der Waals surface area contributed by atoms with E-state index in [9.17, 15) is 0 Å². The normalized spacial score (nSPS) is 10.2. The van der Waals surface area contributed by atoms with Gasteiger partial charge in [-0.3, -0.25) is 0 Å². The highest BCUT2D eigenvalue weighted by molar-refractivity contribution is 5.34. The summed E-state index contributed by atoms with van der Waals surface area (Å²) in [7, 11) is 1.84. The minimum Gasteiger partial charge on any atom is -0.366 e. The van der Waals surface area contributed by atoms with Gasteiger partial charge in [0.15, 0.2) is 0 Å². The monoisotopic (exact) mass is 169 g/mol. The third-order valence-electron chi connectivity index (χ3n) is 1.80. The molecule has 0 atom stereocenters. The van der Waals surface area contributed by atoms with E-state index in [-0.39, 0.29) is 0 Å². The Morgan fingerprint density at radius 2 is 2.00 bits per heavy atom. The van der Waals surface area contributed by atoms with E-state index in [2.05, 4.69) is 28.8 Å². The van der Waals surface area contributed by atoms with Gasteiger partial charge in [-0.15, -0.1) is 5.10 Å². The molecule has 1 heterocycles. The molecular weight excluding hydrogens is 154 g/mol. The van der Waals surface area contributed by atoms with Crippen molar-refractivity contribution in [2.45, 2.75) is 13.8 Å². The van der Waals surface area contributed by atoms with E-state index in [1.165, 1.54) is 0 Å².